The van der Waals surface area contributed by atoms with Gasteiger partial charge in [0.1, 0.15) is 0 Å². The van der Waals surface area contributed by atoms with Gasteiger partial charge in [0.15, 0.2) is 0 Å². The molecule has 0 aromatic carbocycles. The molecule has 0 saturated carbocycles. The Kier molecular flexibility index (Phi) is 15.1. The van der Waals surface area contributed by atoms with Gasteiger partial charge in [-0.1, -0.05) is 58.3 Å². The molecule has 1 unspecified atom stereocenters. The van der Waals surface area contributed by atoms with Gasteiger partial charge >= 0.3 is 0 Å². The summed E-state index contributed by atoms with van der Waals surface area (Å²) in [6.45, 7) is 2.88. The molecule has 0 radical (unpaired) electrons. The lowest BCUT2D eigenvalue weighted by atomic mass is 10.1. The smallest absolute Gasteiger partial charge is 0.0710 e. The molecule has 0 aliphatic heterocycles. The van der Waals surface area contributed by atoms with Crippen LogP contribution in [0, 0.1) is 0 Å². The molecular formula is C14H28Cl2O. The third kappa shape index (κ3) is 12.8. The minimum atomic E-state index is 0.204. The Morgan fingerprint density at radius 1 is 0.882 bits per heavy atom. The standard InChI is InChI=1S/C14H28Cl2O/c1-2-3-4-5-6-7-8-9-10-14(13-16)17-12-11-15/h14H,2-13H2,1H3. The van der Waals surface area contributed by atoms with E-state index in [1.165, 1.54) is 51.4 Å². The first kappa shape index (κ1) is 17.5. The first-order valence-electron chi connectivity index (χ1n) is 7.08. The molecule has 0 aliphatic rings. The molecule has 1 atom stereocenters. The van der Waals surface area contributed by atoms with Gasteiger partial charge in [-0.15, -0.1) is 23.2 Å². The summed E-state index contributed by atoms with van der Waals surface area (Å²) in [7, 11) is 0. The molecule has 0 aromatic heterocycles. The van der Waals surface area contributed by atoms with E-state index < -0.39 is 0 Å². The maximum atomic E-state index is 5.83. The van der Waals surface area contributed by atoms with Crippen molar-refractivity contribution in [3.63, 3.8) is 0 Å². The van der Waals surface area contributed by atoms with Crippen LogP contribution in [0.25, 0.3) is 0 Å². The second-order valence-corrected chi connectivity index (χ2v) is 5.29. The Morgan fingerprint density at radius 2 is 1.47 bits per heavy atom. The molecule has 0 N–H and O–H groups in total. The van der Waals surface area contributed by atoms with Crippen molar-refractivity contribution in [1.82, 2.24) is 0 Å². The Hall–Kier alpha value is 0.540. The van der Waals surface area contributed by atoms with E-state index >= 15 is 0 Å². The highest BCUT2D eigenvalue weighted by Gasteiger charge is 2.06. The van der Waals surface area contributed by atoms with Crippen LogP contribution in [0.4, 0.5) is 0 Å². The fraction of sp³-hybridized carbons (Fsp3) is 1.00. The lowest BCUT2D eigenvalue weighted by molar-refractivity contribution is 0.0721. The van der Waals surface area contributed by atoms with Crippen LogP contribution in [0.1, 0.15) is 64.7 Å². The number of hydrogen-bond acceptors (Lipinski definition) is 1. The number of ether oxygens (including phenoxy) is 1. The van der Waals surface area contributed by atoms with Gasteiger partial charge in [0.25, 0.3) is 0 Å². The van der Waals surface area contributed by atoms with E-state index in [0.717, 1.165) is 6.42 Å². The molecule has 0 aromatic rings. The van der Waals surface area contributed by atoms with Crippen LogP contribution < -0.4 is 0 Å². The zero-order valence-electron chi connectivity index (χ0n) is 11.2. The van der Waals surface area contributed by atoms with Crippen molar-refractivity contribution in [1.29, 1.82) is 0 Å². The summed E-state index contributed by atoms with van der Waals surface area (Å²) in [6.07, 6.45) is 12.1. The Labute approximate surface area is 117 Å². The van der Waals surface area contributed by atoms with Gasteiger partial charge in [0.2, 0.25) is 0 Å². The molecule has 104 valence electrons. The second kappa shape index (κ2) is 14.6. The Bertz CT molecular complexity index is 142. The number of unbranched alkanes of at least 4 members (excludes halogenated alkanes) is 7. The van der Waals surface area contributed by atoms with Crippen molar-refractivity contribution in [2.75, 3.05) is 18.4 Å². The zero-order valence-corrected chi connectivity index (χ0v) is 12.7. The van der Waals surface area contributed by atoms with Crippen molar-refractivity contribution < 1.29 is 4.74 Å². The average Bonchev–Trinajstić information content (AvgIpc) is 2.36. The summed E-state index contributed by atoms with van der Waals surface area (Å²) in [6, 6.07) is 0. The molecule has 3 heteroatoms. The predicted octanol–water partition coefficient (Wildman–Crippen LogP) is 5.38. The van der Waals surface area contributed by atoms with E-state index in [9.17, 15) is 0 Å². The highest BCUT2D eigenvalue weighted by atomic mass is 35.5. The Morgan fingerprint density at radius 3 is 2.00 bits per heavy atom. The summed E-state index contributed by atoms with van der Waals surface area (Å²) >= 11 is 11.4. The third-order valence-corrected chi connectivity index (χ3v) is 3.48. The van der Waals surface area contributed by atoms with Gasteiger partial charge in [-0.2, -0.15) is 0 Å². The quantitative estimate of drug-likeness (QED) is 0.326. The van der Waals surface area contributed by atoms with Gasteiger partial charge in [-0.3, -0.25) is 0 Å². The molecule has 0 heterocycles. The van der Waals surface area contributed by atoms with E-state index in [4.69, 9.17) is 27.9 Å². The van der Waals surface area contributed by atoms with E-state index in [1.807, 2.05) is 0 Å². The first-order valence-corrected chi connectivity index (χ1v) is 8.15. The zero-order chi connectivity index (χ0) is 12.8. The summed E-state index contributed by atoms with van der Waals surface area (Å²) in [4.78, 5) is 0. The van der Waals surface area contributed by atoms with E-state index in [-0.39, 0.29) is 6.10 Å². The summed E-state index contributed by atoms with van der Waals surface area (Å²) in [5, 5.41) is 0. The maximum Gasteiger partial charge on any atom is 0.0710 e. The number of rotatable bonds is 13. The molecule has 0 saturated heterocycles. The minimum Gasteiger partial charge on any atom is -0.376 e. The van der Waals surface area contributed by atoms with Gasteiger partial charge in [-0.05, 0) is 6.42 Å². The van der Waals surface area contributed by atoms with Gasteiger partial charge in [0.05, 0.1) is 12.7 Å². The highest BCUT2D eigenvalue weighted by molar-refractivity contribution is 6.18. The lowest BCUT2D eigenvalue weighted by Crippen LogP contribution is -2.16. The molecule has 0 fully saturated rings. The third-order valence-electron chi connectivity index (χ3n) is 2.98. The van der Waals surface area contributed by atoms with Crippen LogP contribution in [0.3, 0.4) is 0 Å². The van der Waals surface area contributed by atoms with Crippen LogP contribution in [-0.2, 0) is 4.74 Å². The van der Waals surface area contributed by atoms with Gasteiger partial charge < -0.3 is 4.74 Å². The molecule has 0 aliphatic carbocycles. The molecule has 0 amide bonds. The van der Waals surface area contributed by atoms with Crippen LogP contribution >= 0.6 is 23.2 Å². The van der Waals surface area contributed by atoms with Crippen molar-refractivity contribution in [3.05, 3.63) is 0 Å². The summed E-state index contributed by atoms with van der Waals surface area (Å²) in [5.41, 5.74) is 0. The topological polar surface area (TPSA) is 9.23 Å². The van der Waals surface area contributed by atoms with Crippen molar-refractivity contribution in [2.45, 2.75) is 70.8 Å². The number of alkyl halides is 2. The van der Waals surface area contributed by atoms with E-state index in [1.54, 1.807) is 0 Å². The van der Waals surface area contributed by atoms with Crippen molar-refractivity contribution >= 4 is 23.2 Å². The monoisotopic (exact) mass is 282 g/mol. The predicted molar refractivity (Wildman–Crippen MR) is 78.4 cm³/mol. The van der Waals surface area contributed by atoms with Crippen LogP contribution in [0.15, 0.2) is 0 Å². The largest absolute Gasteiger partial charge is 0.376 e. The number of halogens is 2. The fourth-order valence-electron chi connectivity index (χ4n) is 1.92. The molecule has 0 rings (SSSR count). The lowest BCUT2D eigenvalue weighted by Gasteiger charge is -2.13. The van der Waals surface area contributed by atoms with Crippen LogP contribution in [0.2, 0.25) is 0 Å². The molecule has 17 heavy (non-hydrogen) atoms. The SMILES string of the molecule is CCCCCCCCCCC(CCl)OCCCl. The van der Waals surface area contributed by atoms with E-state index in [0.29, 0.717) is 18.4 Å². The number of hydrogen-bond donors (Lipinski definition) is 0. The maximum absolute atomic E-state index is 5.83. The molecular weight excluding hydrogens is 255 g/mol. The van der Waals surface area contributed by atoms with Crippen molar-refractivity contribution in [3.8, 4) is 0 Å². The minimum absolute atomic E-state index is 0.204. The van der Waals surface area contributed by atoms with Gasteiger partial charge in [0, 0.05) is 11.8 Å². The summed E-state index contributed by atoms with van der Waals surface area (Å²) < 4.78 is 5.54. The summed E-state index contributed by atoms with van der Waals surface area (Å²) in [5.74, 6) is 1.15. The van der Waals surface area contributed by atoms with E-state index in [2.05, 4.69) is 6.92 Å². The molecule has 0 bridgehead atoms. The van der Waals surface area contributed by atoms with Crippen LogP contribution in [-0.4, -0.2) is 24.5 Å². The average molecular weight is 283 g/mol. The van der Waals surface area contributed by atoms with Crippen LogP contribution in [0.5, 0.6) is 0 Å². The van der Waals surface area contributed by atoms with Gasteiger partial charge in [-0.25, -0.2) is 0 Å². The molecule has 1 nitrogen and oxygen atoms in total. The normalized spacial score (nSPS) is 12.9. The first-order chi connectivity index (χ1) is 8.35. The Balaban J connectivity index is 3.19. The fourth-order valence-corrected chi connectivity index (χ4v) is 2.25. The highest BCUT2D eigenvalue weighted by Crippen LogP contribution is 2.12. The van der Waals surface area contributed by atoms with Crippen molar-refractivity contribution in [2.24, 2.45) is 0 Å². The molecule has 0 spiro atoms. The second-order valence-electron chi connectivity index (χ2n) is 4.60.